The molecule has 0 aliphatic heterocycles. The number of rotatable bonds is 5. The van der Waals surface area contributed by atoms with Crippen molar-refractivity contribution in [3.63, 3.8) is 0 Å². The van der Waals surface area contributed by atoms with Gasteiger partial charge in [-0.15, -0.1) is 0 Å². The van der Waals surface area contributed by atoms with E-state index in [0.29, 0.717) is 13.0 Å². The van der Waals surface area contributed by atoms with E-state index in [4.69, 9.17) is 4.74 Å². The fourth-order valence-corrected chi connectivity index (χ4v) is 1.43. The van der Waals surface area contributed by atoms with Crippen LogP contribution in [0.3, 0.4) is 0 Å². The van der Waals surface area contributed by atoms with Crippen LogP contribution in [0.5, 0.6) is 5.75 Å². The maximum atomic E-state index is 11.0. The van der Waals surface area contributed by atoms with E-state index in [0.717, 1.165) is 11.4 Å². The Hall–Kier alpha value is -1.71. The molecule has 0 heterocycles. The summed E-state index contributed by atoms with van der Waals surface area (Å²) in [4.78, 5) is 13.0. The summed E-state index contributed by atoms with van der Waals surface area (Å²) in [6.07, 6.45) is 0.366. The zero-order chi connectivity index (χ0) is 12.0. The molecule has 4 heteroatoms. The molecule has 0 spiro atoms. The number of ether oxygens (including phenoxy) is 2. The molecule has 0 amide bonds. The van der Waals surface area contributed by atoms with Crippen molar-refractivity contribution >= 4 is 11.7 Å². The maximum absolute atomic E-state index is 11.0. The summed E-state index contributed by atoms with van der Waals surface area (Å²) in [6, 6.07) is 7.70. The van der Waals surface area contributed by atoms with Crippen molar-refractivity contribution in [2.45, 2.75) is 6.42 Å². The molecule has 0 unspecified atom stereocenters. The van der Waals surface area contributed by atoms with Crippen molar-refractivity contribution in [1.29, 1.82) is 0 Å². The second-order valence-electron chi connectivity index (χ2n) is 3.42. The van der Waals surface area contributed by atoms with Crippen LogP contribution < -0.4 is 9.64 Å². The topological polar surface area (TPSA) is 38.8 Å². The molecule has 0 N–H and O–H groups in total. The van der Waals surface area contributed by atoms with Crippen molar-refractivity contribution in [3.8, 4) is 5.75 Å². The summed E-state index contributed by atoms with van der Waals surface area (Å²) < 4.78 is 9.84. The van der Waals surface area contributed by atoms with Crippen molar-refractivity contribution in [2.75, 3.05) is 32.7 Å². The Kier molecular flexibility index (Phi) is 4.64. The van der Waals surface area contributed by atoms with Gasteiger partial charge in [0.1, 0.15) is 5.75 Å². The molecule has 0 aliphatic rings. The molecule has 88 valence electrons. The lowest BCUT2D eigenvalue weighted by molar-refractivity contribution is -0.140. The smallest absolute Gasteiger partial charge is 0.307 e. The van der Waals surface area contributed by atoms with E-state index < -0.39 is 0 Å². The molecule has 0 bridgehead atoms. The van der Waals surface area contributed by atoms with Gasteiger partial charge in [-0.05, 0) is 12.1 Å². The molecule has 0 saturated carbocycles. The molecule has 0 aliphatic carbocycles. The average molecular weight is 223 g/mol. The van der Waals surface area contributed by atoms with E-state index >= 15 is 0 Å². The highest BCUT2D eigenvalue weighted by molar-refractivity contribution is 5.70. The predicted octanol–water partition coefficient (Wildman–Crippen LogP) is 1.69. The summed E-state index contributed by atoms with van der Waals surface area (Å²) in [7, 11) is 4.94. The number of carbonyl (C=O) groups is 1. The van der Waals surface area contributed by atoms with Crippen LogP contribution in [0.1, 0.15) is 6.42 Å². The highest BCUT2D eigenvalue weighted by Gasteiger charge is 2.09. The van der Waals surface area contributed by atoms with E-state index in [2.05, 4.69) is 4.74 Å². The Labute approximate surface area is 95.8 Å². The van der Waals surface area contributed by atoms with Gasteiger partial charge in [-0.3, -0.25) is 4.79 Å². The normalized spacial score (nSPS) is 9.69. The zero-order valence-electron chi connectivity index (χ0n) is 9.90. The average Bonchev–Trinajstić information content (AvgIpc) is 2.35. The van der Waals surface area contributed by atoms with Gasteiger partial charge in [0.15, 0.2) is 0 Å². The highest BCUT2D eigenvalue weighted by atomic mass is 16.5. The first kappa shape index (κ1) is 12.4. The van der Waals surface area contributed by atoms with Gasteiger partial charge in [0.05, 0.1) is 26.3 Å². The molecular weight excluding hydrogens is 206 g/mol. The molecule has 1 rings (SSSR count). The number of carbonyl (C=O) groups excluding carboxylic acids is 1. The van der Waals surface area contributed by atoms with Crippen molar-refractivity contribution in [1.82, 2.24) is 0 Å². The minimum absolute atomic E-state index is 0.207. The standard InChI is InChI=1S/C12H17NO3/c1-13(9-8-12(14)16-3)10-6-4-5-7-11(10)15-2/h4-7H,8-9H2,1-3H3. The van der Waals surface area contributed by atoms with E-state index in [9.17, 15) is 4.79 Å². The lowest BCUT2D eigenvalue weighted by atomic mass is 10.2. The molecule has 0 saturated heterocycles. The van der Waals surface area contributed by atoms with Crippen LogP contribution >= 0.6 is 0 Å². The van der Waals surface area contributed by atoms with E-state index in [1.54, 1.807) is 7.11 Å². The lowest BCUT2D eigenvalue weighted by Gasteiger charge is -2.20. The summed E-state index contributed by atoms with van der Waals surface area (Å²) >= 11 is 0. The van der Waals surface area contributed by atoms with Gasteiger partial charge in [0, 0.05) is 13.6 Å². The SMILES string of the molecule is COC(=O)CCN(C)c1ccccc1OC. The lowest BCUT2D eigenvalue weighted by Crippen LogP contribution is -2.22. The number of para-hydroxylation sites is 2. The van der Waals surface area contributed by atoms with E-state index in [1.807, 2.05) is 36.2 Å². The highest BCUT2D eigenvalue weighted by Crippen LogP contribution is 2.26. The Morgan fingerprint density at radius 1 is 1.31 bits per heavy atom. The van der Waals surface area contributed by atoms with E-state index in [-0.39, 0.29) is 5.97 Å². The quantitative estimate of drug-likeness (QED) is 0.712. The van der Waals surface area contributed by atoms with Crippen LogP contribution in [0.15, 0.2) is 24.3 Å². The van der Waals surface area contributed by atoms with Crippen molar-refractivity contribution in [3.05, 3.63) is 24.3 Å². The molecule has 1 aromatic rings. The summed E-state index contributed by atoms with van der Waals surface area (Å²) in [6.45, 7) is 0.604. The number of anilines is 1. The largest absolute Gasteiger partial charge is 0.495 e. The number of esters is 1. The fraction of sp³-hybridized carbons (Fsp3) is 0.417. The van der Waals surface area contributed by atoms with Gasteiger partial charge in [-0.1, -0.05) is 12.1 Å². The summed E-state index contributed by atoms with van der Waals surface area (Å²) in [5.41, 5.74) is 0.967. The van der Waals surface area contributed by atoms with E-state index in [1.165, 1.54) is 7.11 Å². The van der Waals surface area contributed by atoms with Gasteiger partial charge >= 0.3 is 5.97 Å². The predicted molar refractivity (Wildman–Crippen MR) is 62.9 cm³/mol. The third kappa shape index (κ3) is 3.15. The van der Waals surface area contributed by atoms with Crippen LogP contribution in [0.4, 0.5) is 5.69 Å². The van der Waals surface area contributed by atoms with Crippen LogP contribution in [0, 0.1) is 0 Å². The summed E-state index contributed by atoms with van der Waals surface area (Å²) in [5.74, 6) is 0.594. The van der Waals surface area contributed by atoms with Gasteiger partial charge in [-0.25, -0.2) is 0 Å². The molecule has 0 atom stereocenters. The molecule has 0 aromatic heterocycles. The number of methoxy groups -OCH3 is 2. The Morgan fingerprint density at radius 2 is 2.00 bits per heavy atom. The third-order valence-corrected chi connectivity index (χ3v) is 2.38. The summed E-state index contributed by atoms with van der Waals surface area (Å²) in [5, 5.41) is 0. The number of benzene rings is 1. The van der Waals surface area contributed by atoms with Gasteiger partial charge in [-0.2, -0.15) is 0 Å². The first-order valence-electron chi connectivity index (χ1n) is 5.10. The molecule has 0 fully saturated rings. The van der Waals surface area contributed by atoms with Crippen LogP contribution in [0.2, 0.25) is 0 Å². The molecule has 0 radical (unpaired) electrons. The zero-order valence-corrected chi connectivity index (χ0v) is 9.90. The molecule has 16 heavy (non-hydrogen) atoms. The van der Waals surface area contributed by atoms with Crippen molar-refractivity contribution < 1.29 is 14.3 Å². The molecular formula is C12H17NO3. The monoisotopic (exact) mass is 223 g/mol. The third-order valence-electron chi connectivity index (χ3n) is 2.38. The second kappa shape index (κ2) is 6.00. The Morgan fingerprint density at radius 3 is 2.62 bits per heavy atom. The second-order valence-corrected chi connectivity index (χ2v) is 3.42. The van der Waals surface area contributed by atoms with Gasteiger partial charge in [0.2, 0.25) is 0 Å². The fourth-order valence-electron chi connectivity index (χ4n) is 1.43. The van der Waals surface area contributed by atoms with Gasteiger partial charge in [0.25, 0.3) is 0 Å². The number of nitrogens with zero attached hydrogens (tertiary/aromatic N) is 1. The Bertz CT molecular complexity index is 352. The molecule has 4 nitrogen and oxygen atoms in total. The Balaban J connectivity index is 2.65. The van der Waals surface area contributed by atoms with Crippen LogP contribution in [0.25, 0.3) is 0 Å². The number of hydrogen-bond acceptors (Lipinski definition) is 4. The van der Waals surface area contributed by atoms with Crippen LogP contribution in [-0.2, 0) is 9.53 Å². The maximum Gasteiger partial charge on any atom is 0.307 e. The minimum Gasteiger partial charge on any atom is -0.495 e. The van der Waals surface area contributed by atoms with Gasteiger partial charge < -0.3 is 14.4 Å². The molecule has 1 aromatic carbocycles. The minimum atomic E-state index is -0.207. The van der Waals surface area contributed by atoms with Crippen LogP contribution in [-0.4, -0.2) is 33.8 Å². The number of hydrogen-bond donors (Lipinski definition) is 0. The van der Waals surface area contributed by atoms with Crippen molar-refractivity contribution in [2.24, 2.45) is 0 Å². The first-order valence-corrected chi connectivity index (χ1v) is 5.10. The first-order chi connectivity index (χ1) is 7.69.